The summed E-state index contributed by atoms with van der Waals surface area (Å²) < 4.78 is 0. The Labute approximate surface area is 161 Å². The Bertz CT molecular complexity index is 1070. The molecule has 0 saturated heterocycles. The van der Waals surface area contributed by atoms with E-state index in [2.05, 4.69) is 28.2 Å². The van der Waals surface area contributed by atoms with Gasteiger partial charge in [0.2, 0.25) is 5.91 Å². The molecule has 3 aromatic rings. The van der Waals surface area contributed by atoms with Gasteiger partial charge in [0.05, 0.1) is 25.2 Å². The lowest BCUT2D eigenvalue weighted by molar-refractivity contribution is -0.132. The quantitative estimate of drug-likeness (QED) is 0.707. The molecule has 0 aliphatic carbocycles. The summed E-state index contributed by atoms with van der Waals surface area (Å²) >= 11 is 1.59. The van der Waals surface area contributed by atoms with Gasteiger partial charge in [-0.25, -0.2) is 4.98 Å². The molecule has 0 radical (unpaired) electrons. The van der Waals surface area contributed by atoms with Crippen LogP contribution in [0.5, 0.6) is 0 Å². The molecular formula is C21H18N4OS. The normalized spacial score (nSPS) is 15.5. The Morgan fingerprint density at radius 3 is 2.85 bits per heavy atom. The number of hydrogen-bond donors (Lipinski definition) is 0. The maximum Gasteiger partial charge on any atom is 0.227 e. The summed E-state index contributed by atoms with van der Waals surface area (Å²) in [6.07, 6.45) is 4.07. The van der Waals surface area contributed by atoms with Gasteiger partial charge in [-0.05, 0) is 41.8 Å². The molecule has 134 valence electrons. The number of fused-ring (bicyclic) bond motifs is 2. The maximum absolute atomic E-state index is 12.6. The molecule has 1 aromatic carbocycles. The van der Waals surface area contributed by atoms with Crippen LogP contribution in [0.15, 0.2) is 47.0 Å². The third-order valence-corrected chi connectivity index (χ3v) is 5.89. The number of nitrogens with zero attached hydrogens (tertiary/aromatic N) is 4. The highest BCUT2D eigenvalue weighted by molar-refractivity contribution is 7.09. The van der Waals surface area contributed by atoms with Gasteiger partial charge in [-0.15, -0.1) is 11.3 Å². The minimum Gasteiger partial charge on any atom is -0.331 e. The maximum atomic E-state index is 12.6. The predicted octanol–water partition coefficient (Wildman–Crippen LogP) is 3.28. The molecule has 1 amide bonds. The van der Waals surface area contributed by atoms with E-state index in [1.54, 1.807) is 17.5 Å². The molecule has 2 aromatic heterocycles. The second-order valence-electron chi connectivity index (χ2n) is 6.98. The smallest absolute Gasteiger partial charge is 0.227 e. The first-order chi connectivity index (χ1) is 13.2. The van der Waals surface area contributed by atoms with Crippen LogP contribution in [0, 0.1) is 6.92 Å². The zero-order valence-electron chi connectivity index (χ0n) is 15.0. The van der Waals surface area contributed by atoms with Gasteiger partial charge in [0.15, 0.2) is 0 Å². The molecule has 0 spiro atoms. The number of aryl methyl sites for hydroxylation is 1. The molecular weight excluding hydrogens is 356 g/mol. The number of amides is 1. The van der Waals surface area contributed by atoms with Crippen LogP contribution in [0.3, 0.4) is 0 Å². The number of carbonyl (C=O) groups is 1. The van der Waals surface area contributed by atoms with Crippen LogP contribution < -0.4 is 0 Å². The number of thiazole rings is 1. The van der Waals surface area contributed by atoms with E-state index in [-0.39, 0.29) is 5.91 Å². The minimum atomic E-state index is 0.168. The molecule has 5 rings (SSSR count). The van der Waals surface area contributed by atoms with Crippen LogP contribution in [-0.2, 0) is 30.8 Å². The number of aromatic nitrogens is 2. The monoisotopic (exact) mass is 374 g/mol. The lowest BCUT2D eigenvalue weighted by Crippen LogP contribution is -2.35. The molecule has 0 saturated carbocycles. The van der Waals surface area contributed by atoms with Gasteiger partial charge in [-0.3, -0.25) is 14.8 Å². The zero-order valence-corrected chi connectivity index (χ0v) is 15.8. The second kappa shape index (κ2) is 6.39. The Balaban J connectivity index is 1.48. The average molecular weight is 374 g/mol. The Morgan fingerprint density at radius 1 is 1.11 bits per heavy atom. The Hall–Kier alpha value is -2.86. The first kappa shape index (κ1) is 16.3. The fourth-order valence-corrected chi connectivity index (χ4v) is 4.43. The van der Waals surface area contributed by atoms with E-state index in [1.165, 1.54) is 16.7 Å². The average Bonchev–Trinajstić information content (AvgIpc) is 3.30. The molecule has 0 atom stereocenters. The number of hydrogen-bond acceptors (Lipinski definition) is 5. The second-order valence-corrected chi connectivity index (χ2v) is 7.96. The Kier molecular flexibility index (Phi) is 3.86. The van der Waals surface area contributed by atoms with Gasteiger partial charge in [0.25, 0.3) is 0 Å². The van der Waals surface area contributed by atoms with E-state index in [0.717, 1.165) is 27.5 Å². The first-order valence-electron chi connectivity index (χ1n) is 8.96. The summed E-state index contributed by atoms with van der Waals surface area (Å²) in [5.41, 5.74) is 7.86. The van der Waals surface area contributed by atoms with Crippen LogP contribution in [0.1, 0.15) is 38.5 Å². The summed E-state index contributed by atoms with van der Waals surface area (Å²) in [7, 11) is 0. The SMILES string of the molecule is Cc1cc(C2=NCc3cc4c(cc32)CN(Cc2nccs2)C(=O)C4)ccn1. The minimum absolute atomic E-state index is 0.168. The third-order valence-electron chi connectivity index (χ3n) is 5.12. The fraction of sp³-hybridized carbons (Fsp3) is 0.238. The molecule has 2 aliphatic heterocycles. The number of rotatable bonds is 3. The van der Waals surface area contributed by atoms with Crippen molar-refractivity contribution < 1.29 is 4.79 Å². The van der Waals surface area contributed by atoms with Crippen molar-refractivity contribution in [3.8, 4) is 0 Å². The standard InChI is InChI=1S/C21H18N4OS/c1-13-6-14(2-3-22-13)21-18-8-17-11-25(12-19-23-4-5-27-19)20(26)9-15(17)7-16(18)10-24-21/h2-8H,9-12H2,1H3. The fourth-order valence-electron chi connectivity index (χ4n) is 3.80. The van der Waals surface area contributed by atoms with Crippen molar-refractivity contribution in [3.63, 3.8) is 0 Å². The molecule has 5 nitrogen and oxygen atoms in total. The molecule has 0 N–H and O–H groups in total. The predicted molar refractivity (Wildman–Crippen MR) is 105 cm³/mol. The summed E-state index contributed by atoms with van der Waals surface area (Å²) in [4.78, 5) is 27.8. The number of pyridine rings is 1. The van der Waals surface area contributed by atoms with Crippen LogP contribution in [0.25, 0.3) is 0 Å². The van der Waals surface area contributed by atoms with Crippen molar-refractivity contribution in [1.82, 2.24) is 14.9 Å². The van der Waals surface area contributed by atoms with Crippen molar-refractivity contribution >= 4 is 23.0 Å². The van der Waals surface area contributed by atoms with Crippen molar-refractivity contribution in [3.05, 3.63) is 80.6 Å². The van der Waals surface area contributed by atoms with Gasteiger partial charge in [-0.1, -0.05) is 6.07 Å². The van der Waals surface area contributed by atoms with E-state index in [9.17, 15) is 4.79 Å². The van der Waals surface area contributed by atoms with Crippen molar-refractivity contribution in [2.45, 2.75) is 33.0 Å². The topological polar surface area (TPSA) is 58.5 Å². The summed E-state index contributed by atoms with van der Waals surface area (Å²) in [5.74, 6) is 0.168. The van der Waals surface area contributed by atoms with E-state index in [4.69, 9.17) is 4.99 Å². The lowest BCUT2D eigenvalue weighted by Gasteiger charge is -2.28. The molecule has 27 heavy (non-hydrogen) atoms. The van der Waals surface area contributed by atoms with Crippen molar-refractivity contribution in [2.75, 3.05) is 0 Å². The van der Waals surface area contributed by atoms with E-state index >= 15 is 0 Å². The third kappa shape index (κ3) is 2.96. The van der Waals surface area contributed by atoms with Crippen molar-refractivity contribution in [2.24, 2.45) is 4.99 Å². The molecule has 0 unspecified atom stereocenters. The highest BCUT2D eigenvalue weighted by Crippen LogP contribution is 2.30. The summed E-state index contributed by atoms with van der Waals surface area (Å²) in [6.45, 7) is 3.88. The number of carbonyl (C=O) groups excluding carboxylic acids is 1. The van der Waals surface area contributed by atoms with E-state index < -0.39 is 0 Å². The highest BCUT2D eigenvalue weighted by atomic mass is 32.1. The van der Waals surface area contributed by atoms with Crippen LogP contribution in [0.2, 0.25) is 0 Å². The van der Waals surface area contributed by atoms with Gasteiger partial charge >= 0.3 is 0 Å². The van der Waals surface area contributed by atoms with Gasteiger partial charge in [0.1, 0.15) is 5.01 Å². The summed E-state index contributed by atoms with van der Waals surface area (Å²) in [6, 6.07) is 8.49. The summed E-state index contributed by atoms with van der Waals surface area (Å²) in [5, 5.41) is 2.92. The molecule has 0 fully saturated rings. The van der Waals surface area contributed by atoms with Crippen LogP contribution in [-0.4, -0.2) is 26.5 Å². The lowest BCUT2D eigenvalue weighted by atomic mass is 9.91. The number of benzene rings is 1. The molecule has 6 heteroatoms. The van der Waals surface area contributed by atoms with Crippen LogP contribution in [0.4, 0.5) is 0 Å². The first-order valence-corrected chi connectivity index (χ1v) is 9.84. The molecule has 0 bridgehead atoms. The van der Waals surface area contributed by atoms with E-state index in [1.807, 2.05) is 29.5 Å². The molecule has 4 heterocycles. The van der Waals surface area contributed by atoms with Gasteiger partial charge in [-0.2, -0.15) is 0 Å². The molecule has 2 aliphatic rings. The van der Waals surface area contributed by atoms with Gasteiger partial charge in [0, 0.05) is 41.1 Å². The Morgan fingerprint density at radius 2 is 2.04 bits per heavy atom. The zero-order chi connectivity index (χ0) is 18.4. The van der Waals surface area contributed by atoms with Crippen LogP contribution >= 0.6 is 11.3 Å². The van der Waals surface area contributed by atoms with E-state index in [0.29, 0.717) is 26.1 Å². The number of aliphatic imine (C=N–C) groups is 1. The van der Waals surface area contributed by atoms with Gasteiger partial charge < -0.3 is 4.90 Å². The highest BCUT2D eigenvalue weighted by Gasteiger charge is 2.27. The largest absolute Gasteiger partial charge is 0.331 e. The van der Waals surface area contributed by atoms with Crippen molar-refractivity contribution in [1.29, 1.82) is 0 Å².